The minimum atomic E-state index is -3.54. The van der Waals surface area contributed by atoms with E-state index in [2.05, 4.69) is 5.32 Å². The summed E-state index contributed by atoms with van der Waals surface area (Å²) in [5, 5.41) is 11.6. The van der Waals surface area contributed by atoms with Gasteiger partial charge in [0.25, 0.3) is 0 Å². The number of sulfonamides is 1. The maximum atomic E-state index is 12.6. The fraction of sp³-hybridized carbons (Fsp3) is 0.556. The molecule has 0 aromatic heterocycles. The summed E-state index contributed by atoms with van der Waals surface area (Å²) in [6.07, 6.45) is 0.528. The molecule has 1 aliphatic rings. The first-order chi connectivity index (χ1) is 12.7. The fourth-order valence-corrected chi connectivity index (χ4v) is 4.19. The molecule has 0 bridgehead atoms. The van der Waals surface area contributed by atoms with Crippen LogP contribution in [0.25, 0.3) is 0 Å². The highest BCUT2D eigenvalue weighted by atomic mass is 32.2. The van der Waals surface area contributed by atoms with E-state index in [1.807, 2.05) is 0 Å². The Morgan fingerprint density at radius 1 is 1.19 bits per heavy atom. The van der Waals surface area contributed by atoms with E-state index in [0.29, 0.717) is 32.7 Å². The smallest absolute Gasteiger partial charge is 0.326 e. The van der Waals surface area contributed by atoms with E-state index in [1.165, 1.54) is 16.4 Å². The van der Waals surface area contributed by atoms with E-state index in [4.69, 9.17) is 9.84 Å². The summed E-state index contributed by atoms with van der Waals surface area (Å²) in [6, 6.07) is 5.51. The summed E-state index contributed by atoms with van der Waals surface area (Å²) in [5.74, 6) is -1.62. The predicted octanol–water partition coefficient (Wildman–Crippen LogP) is 0.866. The third-order valence-corrected chi connectivity index (χ3v) is 6.33. The number of carbonyl (C=O) groups excluding carboxylic acids is 1. The molecule has 0 aliphatic carbocycles. The van der Waals surface area contributed by atoms with Crippen LogP contribution in [0.2, 0.25) is 0 Å². The number of carboxylic acid groups (broad SMARTS) is 1. The van der Waals surface area contributed by atoms with E-state index in [0.717, 1.165) is 5.56 Å². The molecule has 1 aromatic rings. The van der Waals surface area contributed by atoms with Crippen LogP contribution in [-0.2, 0) is 30.8 Å². The molecule has 1 atom stereocenters. The van der Waals surface area contributed by atoms with Crippen LogP contribution in [0.15, 0.2) is 29.2 Å². The largest absolute Gasteiger partial charge is 0.480 e. The lowest BCUT2D eigenvalue weighted by molar-refractivity contribution is -0.143. The van der Waals surface area contributed by atoms with Crippen LogP contribution in [0.5, 0.6) is 0 Å². The molecular formula is C18H26N2O6S. The molecule has 0 saturated carbocycles. The van der Waals surface area contributed by atoms with Crippen LogP contribution in [0, 0.1) is 5.92 Å². The molecule has 27 heavy (non-hydrogen) atoms. The van der Waals surface area contributed by atoms with E-state index in [9.17, 15) is 18.0 Å². The predicted molar refractivity (Wildman–Crippen MR) is 98.7 cm³/mol. The first-order valence-corrected chi connectivity index (χ1v) is 10.3. The molecule has 1 amide bonds. The van der Waals surface area contributed by atoms with Crippen molar-refractivity contribution in [3.8, 4) is 0 Å². The zero-order valence-corrected chi connectivity index (χ0v) is 16.4. The standard InChI is InChI=1S/C18H26N2O6S/c1-13(2)17(18(22)23)19-16(21)8-5-14-3-6-15(7-4-14)27(24,25)20-9-11-26-12-10-20/h3-4,6-7,13,17H,5,8-12H2,1-2H3,(H,19,21)(H,22,23). The van der Waals surface area contributed by atoms with Gasteiger partial charge >= 0.3 is 5.97 Å². The van der Waals surface area contributed by atoms with Gasteiger partial charge in [0.15, 0.2) is 0 Å². The van der Waals surface area contributed by atoms with Crippen LogP contribution in [0.4, 0.5) is 0 Å². The third-order valence-electron chi connectivity index (χ3n) is 4.42. The number of benzene rings is 1. The van der Waals surface area contributed by atoms with Gasteiger partial charge in [0.2, 0.25) is 15.9 Å². The van der Waals surface area contributed by atoms with Crippen molar-refractivity contribution in [2.24, 2.45) is 5.92 Å². The van der Waals surface area contributed by atoms with Crippen molar-refractivity contribution >= 4 is 21.9 Å². The molecule has 0 spiro atoms. The molecule has 2 N–H and O–H groups in total. The second-order valence-electron chi connectivity index (χ2n) is 6.79. The van der Waals surface area contributed by atoms with E-state index >= 15 is 0 Å². The number of rotatable bonds is 8. The van der Waals surface area contributed by atoms with Gasteiger partial charge in [0.1, 0.15) is 6.04 Å². The summed E-state index contributed by atoms with van der Waals surface area (Å²) >= 11 is 0. The minimum Gasteiger partial charge on any atom is -0.480 e. The summed E-state index contributed by atoms with van der Waals surface area (Å²) in [7, 11) is -3.54. The minimum absolute atomic E-state index is 0.131. The maximum Gasteiger partial charge on any atom is 0.326 e. The van der Waals surface area contributed by atoms with Crippen molar-refractivity contribution in [2.75, 3.05) is 26.3 Å². The zero-order chi connectivity index (χ0) is 20.0. The van der Waals surface area contributed by atoms with Crippen molar-refractivity contribution in [1.82, 2.24) is 9.62 Å². The monoisotopic (exact) mass is 398 g/mol. The number of morpholine rings is 1. The molecule has 9 heteroatoms. The zero-order valence-electron chi connectivity index (χ0n) is 15.6. The number of ether oxygens (including phenoxy) is 1. The van der Waals surface area contributed by atoms with Crippen LogP contribution in [-0.4, -0.2) is 62.1 Å². The van der Waals surface area contributed by atoms with Crippen molar-refractivity contribution in [3.05, 3.63) is 29.8 Å². The highest BCUT2D eigenvalue weighted by Gasteiger charge is 2.26. The van der Waals surface area contributed by atoms with Gasteiger partial charge in [0.05, 0.1) is 18.1 Å². The van der Waals surface area contributed by atoms with Crippen LogP contribution in [0.3, 0.4) is 0 Å². The van der Waals surface area contributed by atoms with E-state index < -0.39 is 22.0 Å². The molecule has 2 rings (SSSR count). The first-order valence-electron chi connectivity index (χ1n) is 8.91. The Morgan fingerprint density at radius 3 is 2.30 bits per heavy atom. The molecule has 8 nitrogen and oxygen atoms in total. The number of amides is 1. The average molecular weight is 398 g/mol. The maximum absolute atomic E-state index is 12.6. The number of nitrogens with one attached hydrogen (secondary N) is 1. The molecule has 1 aliphatic heterocycles. The molecular weight excluding hydrogens is 372 g/mol. The van der Waals surface area contributed by atoms with Gasteiger partial charge < -0.3 is 15.2 Å². The van der Waals surface area contributed by atoms with Gasteiger partial charge in [-0.05, 0) is 30.0 Å². The SMILES string of the molecule is CC(C)C(NC(=O)CCc1ccc(S(=O)(=O)N2CCOCC2)cc1)C(=O)O. The summed E-state index contributed by atoms with van der Waals surface area (Å²) < 4.78 is 31.7. The Labute approximate surface area is 159 Å². The number of carboxylic acids is 1. The van der Waals surface area contributed by atoms with Crippen molar-refractivity contribution in [1.29, 1.82) is 0 Å². The Bertz CT molecular complexity index is 755. The van der Waals surface area contributed by atoms with Crippen LogP contribution >= 0.6 is 0 Å². The van der Waals surface area contributed by atoms with E-state index in [1.54, 1.807) is 26.0 Å². The van der Waals surface area contributed by atoms with Gasteiger partial charge in [-0.15, -0.1) is 0 Å². The van der Waals surface area contributed by atoms with Gasteiger partial charge in [0, 0.05) is 19.5 Å². The Hall–Kier alpha value is -1.97. The van der Waals surface area contributed by atoms with E-state index in [-0.39, 0.29) is 23.1 Å². The molecule has 1 aromatic carbocycles. The molecule has 1 fully saturated rings. The molecule has 1 heterocycles. The van der Waals surface area contributed by atoms with Gasteiger partial charge in [-0.25, -0.2) is 13.2 Å². The lowest BCUT2D eigenvalue weighted by Gasteiger charge is -2.26. The van der Waals surface area contributed by atoms with Crippen LogP contribution in [0.1, 0.15) is 25.8 Å². The van der Waals surface area contributed by atoms with Crippen molar-refractivity contribution in [3.63, 3.8) is 0 Å². The number of nitrogens with zero attached hydrogens (tertiary/aromatic N) is 1. The Kier molecular flexibility index (Phi) is 7.34. The fourth-order valence-electron chi connectivity index (χ4n) is 2.78. The van der Waals surface area contributed by atoms with Crippen molar-refractivity contribution in [2.45, 2.75) is 37.6 Å². The number of aryl methyl sites for hydroxylation is 1. The topological polar surface area (TPSA) is 113 Å². The van der Waals surface area contributed by atoms with Gasteiger partial charge in [-0.2, -0.15) is 4.31 Å². The number of carbonyl (C=O) groups is 2. The number of hydrogen-bond acceptors (Lipinski definition) is 5. The number of aliphatic carboxylic acids is 1. The quantitative estimate of drug-likeness (QED) is 0.672. The van der Waals surface area contributed by atoms with Gasteiger partial charge in [-0.1, -0.05) is 26.0 Å². The molecule has 1 saturated heterocycles. The van der Waals surface area contributed by atoms with Crippen molar-refractivity contribution < 1.29 is 27.9 Å². The molecule has 150 valence electrons. The Morgan fingerprint density at radius 2 is 1.78 bits per heavy atom. The average Bonchev–Trinajstić information content (AvgIpc) is 2.65. The Balaban J connectivity index is 1.93. The molecule has 0 radical (unpaired) electrons. The molecule has 1 unspecified atom stereocenters. The summed E-state index contributed by atoms with van der Waals surface area (Å²) in [4.78, 5) is 23.3. The normalized spacial score (nSPS) is 16.9. The summed E-state index contributed by atoms with van der Waals surface area (Å²) in [6.45, 7) is 4.91. The third kappa shape index (κ3) is 5.75. The van der Waals surface area contributed by atoms with Crippen LogP contribution < -0.4 is 5.32 Å². The lowest BCUT2D eigenvalue weighted by atomic mass is 10.0. The first kappa shape index (κ1) is 21.3. The second kappa shape index (κ2) is 9.29. The number of hydrogen-bond donors (Lipinski definition) is 2. The highest BCUT2D eigenvalue weighted by Crippen LogP contribution is 2.18. The lowest BCUT2D eigenvalue weighted by Crippen LogP contribution is -2.44. The summed E-state index contributed by atoms with van der Waals surface area (Å²) in [5.41, 5.74) is 0.808. The second-order valence-corrected chi connectivity index (χ2v) is 8.73. The highest BCUT2D eigenvalue weighted by molar-refractivity contribution is 7.89. The van der Waals surface area contributed by atoms with Gasteiger partial charge in [-0.3, -0.25) is 4.79 Å².